The normalized spacial score (nSPS) is 10.2. The van der Waals surface area contributed by atoms with E-state index in [-0.39, 0.29) is 11.4 Å². The van der Waals surface area contributed by atoms with Crippen molar-refractivity contribution in [2.45, 2.75) is 6.42 Å². The number of H-pyrrole nitrogens is 1. The summed E-state index contributed by atoms with van der Waals surface area (Å²) in [6.45, 7) is 0. The zero-order chi connectivity index (χ0) is 11.5. The van der Waals surface area contributed by atoms with Crippen molar-refractivity contribution in [2.75, 3.05) is 11.5 Å². The SMILES string of the molecule is Nc1cccc(Cc2nc(N)cc(=O)[nH]2)c1. The van der Waals surface area contributed by atoms with E-state index < -0.39 is 0 Å². The molecule has 16 heavy (non-hydrogen) atoms. The molecule has 5 heteroatoms. The maximum Gasteiger partial charge on any atom is 0.252 e. The molecule has 0 amide bonds. The highest BCUT2D eigenvalue weighted by Crippen LogP contribution is 2.09. The van der Waals surface area contributed by atoms with Crippen LogP contribution in [0.4, 0.5) is 11.5 Å². The summed E-state index contributed by atoms with van der Waals surface area (Å²) in [4.78, 5) is 17.8. The summed E-state index contributed by atoms with van der Waals surface area (Å²) in [5.41, 5.74) is 12.6. The van der Waals surface area contributed by atoms with Gasteiger partial charge in [0.05, 0.1) is 0 Å². The number of nitrogens with two attached hydrogens (primary N) is 2. The van der Waals surface area contributed by atoms with Crippen LogP contribution in [0, 0.1) is 0 Å². The molecule has 0 bridgehead atoms. The van der Waals surface area contributed by atoms with Gasteiger partial charge in [0.25, 0.3) is 5.56 Å². The van der Waals surface area contributed by atoms with Crippen LogP contribution < -0.4 is 17.0 Å². The molecular formula is C11H12N4O. The van der Waals surface area contributed by atoms with E-state index in [9.17, 15) is 4.79 Å². The molecule has 0 saturated carbocycles. The number of hydrogen-bond acceptors (Lipinski definition) is 4. The Labute approximate surface area is 92.1 Å². The number of anilines is 2. The third kappa shape index (κ3) is 2.38. The summed E-state index contributed by atoms with van der Waals surface area (Å²) in [6.07, 6.45) is 0.505. The smallest absolute Gasteiger partial charge is 0.252 e. The van der Waals surface area contributed by atoms with Crippen LogP contribution in [-0.2, 0) is 6.42 Å². The molecule has 5 nitrogen and oxygen atoms in total. The monoisotopic (exact) mass is 216 g/mol. The van der Waals surface area contributed by atoms with Gasteiger partial charge in [-0.2, -0.15) is 0 Å². The van der Waals surface area contributed by atoms with Gasteiger partial charge in [0, 0.05) is 18.2 Å². The second-order valence-electron chi connectivity index (χ2n) is 3.54. The van der Waals surface area contributed by atoms with Crippen LogP contribution in [0.1, 0.15) is 11.4 Å². The Morgan fingerprint density at radius 1 is 1.25 bits per heavy atom. The van der Waals surface area contributed by atoms with Crippen molar-refractivity contribution in [3.63, 3.8) is 0 Å². The highest BCUT2D eigenvalue weighted by atomic mass is 16.1. The highest BCUT2D eigenvalue weighted by Gasteiger charge is 2.01. The second kappa shape index (κ2) is 4.06. The lowest BCUT2D eigenvalue weighted by Crippen LogP contribution is -2.12. The summed E-state index contributed by atoms with van der Waals surface area (Å²) < 4.78 is 0. The Bertz CT molecular complexity index is 562. The molecule has 2 aromatic rings. The molecule has 0 aliphatic heterocycles. The van der Waals surface area contributed by atoms with Gasteiger partial charge in [-0.3, -0.25) is 4.79 Å². The molecule has 0 atom stereocenters. The average Bonchev–Trinajstić information content (AvgIpc) is 2.15. The van der Waals surface area contributed by atoms with Gasteiger partial charge in [-0.15, -0.1) is 0 Å². The Morgan fingerprint density at radius 3 is 2.75 bits per heavy atom. The Morgan fingerprint density at radius 2 is 2.06 bits per heavy atom. The molecule has 0 unspecified atom stereocenters. The largest absolute Gasteiger partial charge is 0.399 e. The first-order chi connectivity index (χ1) is 7.63. The Kier molecular flexibility index (Phi) is 2.59. The van der Waals surface area contributed by atoms with Gasteiger partial charge in [-0.25, -0.2) is 4.98 Å². The molecule has 0 radical (unpaired) electrons. The molecule has 0 aliphatic carbocycles. The zero-order valence-electron chi connectivity index (χ0n) is 8.60. The molecular weight excluding hydrogens is 204 g/mol. The van der Waals surface area contributed by atoms with Gasteiger partial charge in [-0.05, 0) is 17.7 Å². The molecule has 5 N–H and O–H groups in total. The molecule has 0 fully saturated rings. The summed E-state index contributed by atoms with van der Waals surface area (Å²) in [5, 5.41) is 0. The van der Waals surface area contributed by atoms with Crippen molar-refractivity contribution in [1.82, 2.24) is 9.97 Å². The summed E-state index contributed by atoms with van der Waals surface area (Å²) >= 11 is 0. The minimum absolute atomic E-state index is 0.225. The molecule has 0 aliphatic rings. The molecule has 1 aromatic carbocycles. The summed E-state index contributed by atoms with van der Waals surface area (Å²) in [6, 6.07) is 8.67. The predicted molar refractivity (Wildman–Crippen MR) is 62.9 cm³/mol. The number of rotatable bonds is 2. The number of aromatic nitrogens is 2. The van der Waals surface area contributed by atoms with Gasteiger partial charge in [-0.1, -0.05) is 12.1 Å². The first-order valence-electron chi connectivity index (χ1n) is 4.83. The van der Waals surface area contributed by atoms with E-state index in [0.29, 0.717) is 17.9 Å². The molecule has 1 aromatic heterocycles. The van der Waals surface area contributed by atoms with Crippen LogP contribution in [-0.4, -0.2) is 9.97 Å². The van der Waals surface area contributed by atoms with Crippen LogP contribution in [0.15, 0.2) is 35.1 Å². The van der Waals surface area contributed by atoms with Crippen molar-refractivity contribution < 1.29 is 0 Å². The fourth-order valence-electron chi connectivity index (χ4n) is 1.51. The van der Waals surface area contributed by atoms with E-state index in [1.165, 1.54) is 6.07 Å². The van der Waals surface area contributed by atoms with E-state index in [4.69, 9.17) is 11.5 Å². The van der Waals surface area contributed by atoms with Crippen LogP contribution in [0.5, 0.6) is 0 Å². The van der Waals surface area contributed by atoms with Crippen molar-refractivity contribution >= 4 is 11.5 Å². The van der Waals surface area contributed by atoms with Crippen molar-refractivity contribution in [2.24, 2.45) is 0 Å². The average molecular weight is 216 g/mol. The standard InChI is InChI=1S/C11H12N4O/c12-8-3-1-2-7(4-8)5-10-14-9(13)6-11(16)15-10/h1-4,6H,5,12H2,(H3,13,14,15,16). The molecule has 1 heterocycles. The van der Waals surface area contributed by atoms with Gasteiger partial charge in [0.15, 0.2) is 0 Å². The van der Waals surface area contributed by atoms with Crippen LogP contribution in [0.3, 0.4) is 0 Å². The second-order valence-corrected chi connectivity index (χ2v) is 3.54. The number of hydrogen-bond donors (Lipinski definition) is 3. The van der Waals surface area contributed by atoms with E-state index >= 15 is 0 Å². The van der Waals surface area contributed by atoms with Crippen molar-refractivity contribution in [3.8, 4) is 0 Å². The van der Waals surface area contributed by atoms with Gasteiger partial charge in [0.2, 0.25) is 0 Å². The number of nitrogen functional groups attached to an aromatic ring is 2. The third-order valence-electron chi connectivity index (χ3n) is 2.13. The fraction of sp³-hybridized carbons (Fsp3) is 0.0909. The van der Waals surface area contributed by atoms with Gasteiger partial charge >= 0.3 is 0 Å². The first-order valence-corrected chi connectivity index (χ1v) is 4.83. The highest BCUT2D eigenvalue weighted by molar-refractivity contribution is 5.41. The minimum Gasteiger partial charge on any atom is -0.399 e. The van der Waals surface area contributed by atoms with E-state index in [0.717, 1.165) is 5.56 Å². The van der Waals surface area contributed by atoms with Crippen molar-refractivity contribution in [1.29, 1.82) is 0 Å². The maximum absolute atomic E-state index is 11.2. The zero-order valence-corrected chi connectivity index (χ0v) is 8.60. The van der Waals surface area contributed by atoms with Gasteiger partial charge < -0.3 is 16.5 Å². The Hall–Kier alpha value is -2.30. The summed E-state index contributed by atoms with van der Waals surface area (Å²) in [7, 11) is 0. The number of aromatic amines is 1. The van der Waals surface area contributed by atoms with Gasteiger partial charge in [0.1, 0.15) is 11.6 Å². The predicted octanol–water partition coefficient (Wildman–Crippen LogP) is 0.525. The quantitative estimate of drug-likeness (QED) is 0.637. The first kappa shape index (κ1) is 10.2. The number of nitrogens with zero attached hydrogens (tertiary/aromatic N) is 1. The summed E-state index contributed by atoms with van der Waals surface area (Å²) in [5.74, 6) is 0.762. The lowest BCUT2D eigenvalue weighted by molar-refractivity contribution is 0.952. The van der Waals surface area contributed by atoms with Crippen LogP contribution in [0.25, 0.3) is 0 Å². The lowest BCUT2D eigenvalue weighted by Gasteiger charge is -2.02. The molecule has 0 spiro atoms. The topological polar surface area (TPSA) is 97.8 Å². The molecule has 82 valence electrons. The maximum atomic E-state index is 11.2. The fourth-order valence-corrected chi connectivity index (χ4v) is 1.51. The van der Waals surface area contributed by atoms with Crippen LogP contribution >= 0.6 is 0 Å². The minimum atomic E-state index is -0.244. The van der Waals surface area contributed by atoms with E-state index in [2.05, 4.69) is 9.97 Å². The lowest BCUT2D eigenvalue weighted by atomic mass is 10.1. The number of benzene rings is 1. The molecule has 2 rings (SSSR count). The number of nitrogens with one attached hydrogen (secondary N) is 1. The van der Waals surface area contributed by atoms with Crippen molar-refractivity contribution in [3.05, 3.63) is 52.1 Å². The van der Waals surface area contributed by atoms with E-state index in [1.807, 2.05) is 18.2 Å². The molecule has 0 saturated heterocycles. The van der Waals surface area contributed by atoms with Crippen LogP contribution in [0.2, 0.25) is 0 Å². The third-order valence-corrected chi connectivity index (χ3v) is 2.13. The van der Waals surface area contributed by atoms with E-state index in [1.54, 1.807) is 6.07 Å². The Balaban J connectivity index is 2.30.